The van der Waals surface area contributed by atoms with Crippen LogP contribution in [-0.4, -0.2) is 15.9 Å². The van der Waals surface area contributed by atoms with Crippen LogP contribution in [0.5, 0.6) is 0 Å². The second kappa shape index (κ2) is 5.31. The van der Waals surface area contributed by atoms with Crippen molar-refractivity contribution in [2.45, 2.75) is 19.8 Å². The Morgan fingerprint density at radius 2 is 2.16 bits per heavy atom. The molecule has 100 valence electrons. The Kier molecular flexibility index (Phi) is 3.75. The molecule has 2 rings (SSSR count). The van der Waals surface area contributed by atoms with Crippen LogP contribution in [0.4, 0.5) is 11.4 Å². The quantitative estimate of drug-likeness (QED) is 0.503. The molecule has 2 N–H and O–H groups in total. The van der Waals surface area contributed by atoms with Crippen molar-refractivity contribution in [3.63, 3.8) is 0 Å². The summed E-state index contributed by atoms with van der Waals surface area (Å²) in [5.41, 5.74) is 1.07. The molecule has 1 aliphatic rings. The number of carbonyl (C=O) groups is 1. The Hall–Kier alpha value is -2.02. The summed E-state index contributed by atoms with van der Waals surface area (Å²) in [6.07, 6.45) is 1.79. The third-order valence-corrected chi connectivity index (χ3v) is 3.05. The van der Waals surface area contributed by atoms with Crippen molar-refractivity contribution < 1.29 is 9.72 Å². The van der Waals surface area contributed by atoms with Gasteiger partial charge in [0, 0.05) is 23.2 Å². The first kappa shape index (κ1) is 13.4. The third-order valence-electron chi connectivity index (χ3n) is 2.85. The van der Waals surface area contributed by atoms with Crippen LogP contribution in [0.1, 0.15) is 18.4 Å². The van der Waals surface area contributed by atoms with E-state index in [0.29, 0.717) is 11.3 Å². The Labute approximate surface area is 115 Å². The lowest BCUT2D eigenvalue weighted by Crippen LogP contribution is -2.35. The van der Waals surface area contributed by atoms with Gasteiger partial charge in [-0.15, -0.1) is 0 Å². The monoisotopic (exact) mass is 279 g/mol. The van der Waals surface area contributed by atoms with Crippen molar-refractivity contribution in [1.82, 2.24) is 5.32 Å². The van der Waals surface area contributed by atoms with Crippen LogP contribution in [0.15, 0.2) is 18.2 Å². The smallest absolute Gasteiger partial charge is 0.274 e. The number of carbonyl (C=O) groups excluding carboxylic acids is 1. The van der Waals surface area contributed by atoms with Crippen LogP contribution >= 0.6 is 12.2 Å². The molecule has 0 aliphatic heterocycles. The number of amides is 1. The molecule has 7 heteroatoms. The van der Waals surface area contributed by atoms with E-state index in [-0.39, 0.29) is 22.6 Å². The van der Waals surface area contributed by atoms with Crippen molar-refractivity contribution in [2.75, 3.05) is 5.32 Å². The first-order valence-electron chi connectivity index (χ1n) is 5.84. The maximum atomic E-state index is 11.5. The second-order valence-corrected chi connectivity index (χ2v) is 4.88. The van der Waals surface area contributed by atoms with E-state index in [1.54, 1.807) is 19.1 Å². The molecule has 1 aromatic rings. The average Bonchev–Trinajstić information content (AvgIpc) is 3.15. The molecule has 6 nitrogen and oxygen atoms in total. The predicted molar refractivity (Wildman–Crippen MR) is 74.9 cm³/mol. The van der Waals surface area contributed by atoms with Crippen LogP contribution in [0, 0.1) is 23.0 Å². The average molecular weight is 279 g/mol. The Bertz CT molecular complexity index is 555. The van der Waals surface area contributed by atoms with Crippen LogP contribution in [-0.2, 0) is 4.79 Å². The predicted octanol–water partition coefficient (Wildman–Crippen LogP) is 2.13. The first-order valence-corrected chi connectivity index (χ1v) is 6.25. The molecule has 1 amide bonds. The van der Waals surface area contributed by atoms with Crippen molar-refractivity contribution >= 4 is 34.6 Å². The Morgan fingerprint density at radius 1 is 1.47 bits per heavy atom. The van der Waals surface area contributed by atoms with E-state index in [1.807, 2.05) is 0 Å². The molecule has 0 atom stereocenters. The number of nitro benzene ring substituents is 1. The molecule has 19 heavy (non-hydrogen) atoms. The maximum Gasteiger partial charge on any atom is 0.274 e. The summed E-state index contributed by atoms with van der Waals surface area (Å²) >= 11 is 4.99. The number of aryl methyl sites for hydroxylation is 1. The van der Waals surface area contributed by atoms with E-state index in [0.717, 1.165) is 12.8 Å². The van der Waals surface area contributed by atoms with Gasteiger partial charge in [0.05, 0.1) is 4.92 Å². The number of benzene rings is 1. The van der Waals surface area contributed by atoms with Crippen molar-refractivity contribution in [2.24, 2.45) is 5.92 Å². The minimum Gasteiger partial charge on any atom is -0.332 e. The second-order valence-electron chi connectivity index (χ2n) is 4.48. The molecule has 1 saturated carbocycles. The van der Waals surface area contributed by atoms with Gasteiger partial charge in [-0.05, 0) is 38.0 Å². The van der Waals surface area contributed by atoms with Gasteiger partial charge in [0.1, 0.15) is 0 Å². The zero-order chi connectivity index (χ0) is 14.0. The number of thiocarbonyl (C=S) groups is 1. The van der Waals surface area contributed by atoms with Crippen LogP contribution < -0.4 is 10.6 Å². The molecule has 1 aromatic carbocycles. The van der Waals surface area contributed by atoms with Gasteiger partial charge >= 0.3 is 0 Å². The van der Waals surface area contributed by atoms with Gasteiger partial charge < -0.3 is 10.6 Å². The fourth-order valence-electron chi connectivity index (χ4n) is 1.61. The van der Waals surface area contributed by atoms with E-state index in [4.69, 9.17) is 12.2 Å². The van der Waals surface area contributed by atoms with E-state index in [1.165, 1.54) is 6.07 Å². The summed E-state index contributed by atoms with van der Waals surface area (Å²) in [7, 11) is 0. The highest BCUT2D eigenvalue weighted by atomic mass is 32.1. The zero-order valence-corrected chi connectivity index (χ0v) is 11.1. The number of nitro groups is 1. The maximum absolute atomic E-state index is 11.5. The van der Waals surface area contributed by atoms with Gasteiger partial charge in [0.25, 0.3) is 5.69 Å². The third kappa shape index (κ3) is 3.47. The summed E-state index contributed by atoms with van der Waals surface area (Å²) in [4.78, 5) is 21.8. The summed E-state index contributed by atoms with van der Waals surface area (Å²) in [5, 5.41) is 16.3. The topological polar surface area (TPSA) is 84.3 Å². The van der Waals surface area contributed by atoms with Crippen molar-refractivity contribution in [3.05, 3.63) is 33.9 Å². The number of hydrogen-bond donors (Lipinski definition) is 2. The minimum atomic E-state index is -0.452. The molecular weight excluding hydrogens is 266 g/mol. The number of rotatable bonds is 3. The van der Waals surface area contributed by atoms with E-state index < -0.39 is 4.92 Å². The summed E-state index contributed by atoms with van der Waals surface area (Å²) in [6, 6.07) is 4.70. The standard InChI is InChI=1S/C12H13N3O3S/c1-7-2-5-9(6-10(7)15(17)18)13-12(19)14-11(16)8-3-4-8/h2,5-6,8H,3-4H2,1H3,(H2,13,14,16,19). The van der Waals surface area contributed by atoms with Crippen molar-refractivity contribution in [1.29, 1.82) is 0 Å². The SMILES string of the molecule is Cc1ccc(NC(=S)NC(=O)C2CC2)cc1[N+](=O)[O-]. The molecule has 0 heterocycles. The summed E-state index contributed by atoms with van der Waals surface area (Å²) < 4.78 is 0. The molecule has 0 unspecified atom stereocenters. The highest BCUT2D eigenvalue weighted by Gasteiger charge is 2.30. The fraction of sp³-hybridized carbons (Fsp3) is 0.333. The first-order chi connectivity index (χ1) is 8.97. The highest BCUT2D eigenvalue weighted by Crippen LogP contribution is 2.28. The van der Waals surface area contributed by atoms with Crippen LogP contribution in [0.2, 0.25) is 0 Å². The summed E-state index contributed by atoms with van der Waals surface area (Å²) in [6.45, 7) is 1.66. The molecule has 0 radical (unpaired) electrons. The number of nitrogens with zero attached hydrogens (tertiary/aromatic N) is 1. The summed E-state index contributed by atoms with van der Waals surface area (Å²) in [5.74, 6) is -0.0359. The van der Waals surface area contributed by atoms with Gasteiger partial charge in [0.15, 0.2) is 5.11 Å². The lowest BCUT2D eigenvalue weighted by molar-refractivity contribution is -0.385. The molecular formula is C12H13N3O3S. The number of anilines is 1. The van der Waals surface area contributed by atoms with Crippen molar-refractivity contribution in [3.8, 4) is 0 Å². The Balaban J connectivity index is 2.02. The Morgan fingerprint density at radius 3 is 2.74 bits per heavy atom. The van der Waals surface area contributed by atoms with E-state index in [9.17, 15) is 14.9 Å². The molecule has 0 spiro atoms. The van der Waals surface area contributed by atoms with Crippen LogP contribution in [0.3, 0.4) is 0 Å². The zero-order valence-electron chi connectivity index (χ0n) is 10.3. The molecule has 0 aromatic heterocycles. The number of nitrogens with one attached hydrogen (secondary N) is 2. The highest BCUT2D eigenvalue weighted by molar-refractivity contribution is 7.80. The van der Waals surface area contributed by atoms with E-state index >= 15 is 0 Å². The van der Waals surface area contributed by atoms with Gasteiger partial charge in [-0.25, -0.2) is 0 Å². The normalized spacial score (nSPS) is 13.7. The van der Waals surface area contributed by atoms with Gasteiger partial charge in [-0.1, -0.05) is 6.07 Å². The minimum absolute atomic E-state index is 0.0151. The lowest BCUT2D eigenvalue weighted by Gasteiger charge is -2.09. The lowest BCUT2D eigenvalue weighted by atomic mass is 10.2. The van der Waals surface area contributed by atoms with Gasteiger partial charge in [0.2, 0.25) is 5.91 Å². The molecule has 1 fully saturated rings. The van der Waals surface area contributed by atoms with Crippen LogP contribution in [0.25, 0.3) is 0 Å². The number of hydrogen-bond acceptors (Lipinski definition) is 4. The fourth-order valence-corrected chi connectivity index (χ4v) is 1.82. The van der Waals surface area contributed by atoms with Gasteiger partial charge in [-0.2, -0.15) is 0 Å². The van der Waals surface area contributed by atoms with Gasteiger partial charge in [-0.3, -0.25) is 14.9 Å². The van der Waals surface area contributed by atoms with E-state index in [2.05, 4.69) is 10.6 Å². The molecule has 0 bridgehead atoms. The molecule has 1 aliphatic carbocycles. The largest absolute Gasteiger partial charge is 0.332 e. The molecule has 0 saturated heterocycles.